The number of hydrogen-bond acceptors (Lipinski definition) is 2. The van der Waals surface area contributed by atoms with Gasteiger partial charge in [0.25, 0.3) is 0 Å². The van der Waals surface area contributed by atoms with Crippen molar-refractivity contribution in [3.8, 4) is 0 Å². The van der Waals surface area contributed by atoms with Crippen LogP contribution >= 0.6 is 11.6 Å². The summed E-state index contributed by atoms with van der Waals surface area (Å²) in [7, 11) is 1.58. The Morgan fingerprint density at radius 3 is 2.95 bits per heavy atom. The number of rotatable bonds is 6. The smallest absolute Gasteiger partial charge is 0.317 e. The Hall–Kier alpha value is -1.59. The maximum atomic E-state index is 13.2. The summed E-state index contributed by atoms with van der Waals surface area (Å²) in [4.78, 5) is 13.3. The number of nitrogens with zero attached hydrogens (tertiary/aromatic N) is 1. The maximum absolute atomic E-state index is 13.2. The minimum Gasteiger partial charge on any atom is -0.394 e. The molecule has 1 aromatic carbocycles. The topological polar surface area (TPSA) is 52.6 Å². The average Bonchev–Trinajstić information content (AvgIpc) is 2.45. The van der Waals surface area contributed by atoms with Crippen LogP contribution in [0.3, 0.4) is 0 Å². The number of aliphatic hydroxyl groups excluding tert-OH is 1. The van der Waals surface area contributed by atoms with E-state index in [4.69, 9.17) is 11.6 Å². The van der Waals surface area contributed by atoms with Crippen LogP contribution in [0, 0.1) is 5.82 Å². The molecule has 0 aliphatic heterocycles. The lowest BCUT2D eigenvalue weighted by Crippen LogP contribution is -2.44. The molecule has 2 amide bonds. The highest BCUT2D eigenvalue weighted by atomic mass is 35.5. The van der Waals surface area contributed by atoms with Gasteiger partial charge in [0.05, 0.1) is 17.7 Å². The van der Waals surface area contributed by atoms with Crippen LogP contribution in [0.15, 0.2) is 30.9 Å². The van der Waals surface area contributed by atoms with E-state index in [1.165, 1.54) is 17.0 Å². The van der Waals surface area contributed by atoms with Gasteiger partial charge < -0.3 is 15.3 Å². The van der Waals surface area contributed by atoms with Crippen molar-refractivity contribution in [2.75, 3.05) is 13.7 Å². The van der Waals surface area contributed by atoms with Crippen LogP contribution in [-0.4, -0.2) is 35.7 Å². The molecule has 2 N–H and O–H groups in total. The van der Waals surface area contributed by atoms with Crippen molar-refractivity contribution in [3.05, 3.63) is 47.3 Å². The molecule has 0 saturated heterocycles. The molecule has 0 aliphatic carbocycles. The maximum Gasteiger partial charge on any atom is 0.317 e. The number of benzene rings is 1. The van der Waals surface area contributed by atoms with Crippen molar-refractivity contribution in [2.45, 2.75) is 19.0 Å². The van der Waals surface area contributed by atoms with Crippen LogP contribution in [0.1, 0.15) is 12.0 Å². The van der Waals surface area contributed by atoms with Crippen molar-refractivity contribution < 1.29 is 14.3 Å². The number of carbonyl (C=O) groups excluding carboxylic acids is 1. The molecule has 1 rings (SSSR count). The Kier molecular flexibility index (Phi) is 6.48. The second-order valence-electron chi connectivity index (χ2n) is 4.34. The van der Waals surface area contributed by atoms with Gasteiger partial charge in [0, 0.05) is 13.6 Å². The van der Waals surface area contributed by atoms with E-state index in [0.29, 0.717) is 12.0 Å². The van der Waals surface area contributed by atoms with Crippen molar-refractivity contribution >= 4 is 17.6 Å². The first-order chi connectivity index (χ1) is 9.51. The minimum absolute atomic E-state index is 0.000234. The molecule has 1 unspecified atom stereocenters. The van der Waals surface area contributed by atoms with Crippen LogP contribution in [0.5, 0.6) is 0 Å². The second kappa shape index (κ2) is 7.87. The summed E-state index contributed by atoms with van der Waals surface area (Å²) < 4.78 is 13.2. The van der Waals surface area contributed by atoms with Crippen molar-refractivity contribution in [2.24, 2.45) is 0 Å². The SMILES string of the molecule is C=CCC(CO)N(C)C(=O)NCc1cccc(F)c1Cl. The van der Waals surface area contributed by atoms with E-state index >= 15 is 0 Å². The third-order valence-corrected chi connectivity index (χ3v) is 3.40. The number of amides is 2. The summed E-state index contributed by atoms with van der Waals surface area (Å²) in [6.07, 6.45) is 2.12. The fraction of sp³-hybridized carbons (Fsp3) is 0.357. The zero-order valence-corrected chi connectivity index (χ0v) is 12.0. The first-order valence-electron chi connectivity index (χ1n) is 6.16. The molecule has 0 fully saturated rings. The lowest BCUT2D eigenvalue weighted by molar-refractivity contribution is 0.150. The molecule has 0 aromatic heterocycles. The molecule has 6 heteroatoms. The van der Waals surface area contributed by atoms with E-state index in [1.807, 2.05) is 0 Å². The third kappa shape index (κ3) is 4.21. The number of hydrogen-bond donors (Lipinski definition) is 2. The highest BCUT2D eigenvalue weighted by Gasteiger charge is 2.18. The van der Waals surface area contributed by atoms with Crippen molar-refractivity contribution in [3.63, 3.8) is 0 Å². The van der Waals surface area contributed by atoms with Gasteiger partial charge in [-0.05, 0) is 18.1 Å². The lowest BCUT2D eigenvalue weighted by Gasteiger charge is -2.26. The van der Waals surface area contributed by atoms with Crippen LogP contribution in [-0.2, 0) is 6.54 Å². The summed E-state index contributed by atoms with van der Waals surface area (Å²) in [5, 5.41) is 11.8. The number of halogens is 2. The molecule has 1 atom stereocenters. The van der Waals surface area contributed by atoms with Gasteiger partial charge in [0.1, 0.15) is 5.82 Å². The van der Waals surface area contributed by atoms with Crippen molar-refractivity contribution in [1.82, 2.24) is 10.2 Å². The number of nitrogens with one attached hydrogen (secondary N) is 1. The van der Waals surface area contributed by atoms with Crippen LogP contribution in [0.25, 0.3) is 0 Å². The number of carbonyl (C=O) groups is 1. The van der Waals surface area contributed by atoms with Gasteiger partial charge in [0.15, 0.2) is 0 Å². The largest absolute Gasteiger partial charge is 0.394 e. The van der Waals surface area contributed by atoms with Gasteiger partial charge in [-0.1, -0.05) is 29.8 Å². The van der Waals surface area contributed by atoms with Gasteiger partial charge >= 0.3 is 6.03 Å². The fourth-order valence-electron chi connectivity index (χ4n) is 1.69. The summed E-state index contributed by atoms with van der Waals surface area (Å²) in [5.41, 5.74) is 0.498. The minimum atomic E-state index is -0.522. The summed E-state index contributed by atoms with van der Waals surface area (Å²) in [6, 6.07) is 3.72. The molecular weight excluding hydrogens is 283 g/mol. The van der Waals surface area contributed by atoms with Crippen molar-refractivity contribution in [1.29, 1.82) is 0 Å². The Morgan fingerprint density at radius 1 is 1.65 bits per heavy atom. The van der Waals surface area contributed by atoms with Crippen LogP contribution < -0.4 is 5.32 Å². The van der Waals surface area contributed by atoms with E-state index in [9.17, 15) is 14.3 Å². The van der Waals surface area contributed by atoms with E-state index in [1.54, 1.807) is 19.2 Å². The molecule has 0 spiro atoms. The third-order valence-electron chi connectivity index (χ3n) is 2.98. The normalized spacial score (nSPS) is 11.8. The van der Waals surface area contributed by atoms with E-state index in [-0.39, 0.29) is 30.2 Å². The quantitative estimate of drug-likeness (QED) is 0.793. The number of likely N-dealkylation sites (N-methyl/N-ethyl adjacent to an activating group) is 1. The first kappa shape index (κ1) is 16.5. The molecule has 0 saturated carbocycles. The van der Waals surface area contributed by atoms with Gasteiger partial charge in [-0.25, -0.2) is 9.18 Å². The Bertz CT molecular complexity index is 482. The Labute approximate surface area is 122 Å². The number of aliphatic hydroxyl groups is 1. The number of urea groups is 1. The van der Waals surface area contributed by atoms with E-state index in [0.717, 1.165) is 0 Å². The lowest BCUT2D eigenvalue weighted by atomic mass is 10.2. The first-order valence-corrected chi connectivity index (χ1v) is 6.54. The standard InChI is InChI=1S/C14H18ClFN2O2/c1-3-5-11(9-19)18(2)14(20)17-8-10-6-4-7-12(16)13(10)15/h3-4,6-7,11,19H,1,5,8-9H2,2H3,(H,17,20). The average molecular weight is 301 g/mol. The molecule has 0 bridgehead atoms. The zero-order chi connectivity index (χ0) is 15.1. The molecule has 20 heavy (non-hydrogen) atoms. The van der Waals surface area contributed by atoms with Crippen LogP contribution in [0.4, 0.5) is 9.18 Å². The highest BCUT2D eigenvalue weighted by molar-refractivity contribution is 6.31. The van der Waals surface area contributed by atoms with Gasteiger partial charge in [-0.2, -0.15) is 0 Å². The van der Waals surface area contributed by atoms with E-state index in [2.05, 4.69) is 11.9 Å². The fourth-order valence-corrected chi connectivity index (χ4v) is 1.89. The molecule has 110 valence electrons. The summed E-state index contributed by atoms with van der Waals surface area (Å²) in [6.45, 7) is 3.54. The highest BCUT2D eigenvalue weighted by Crippen LogP contribution is 2.19. The summed E-state index contributed by atoms with van der Waals surface area (Å²) >= 11 is 5.80. The zero-order valence-electron chi connectivity index (χ0n) is 11.3. The Morgan fingerprint density at radius 2 is 2.35 bits per heavy atom. The Balaban J connectivity index is 2.62. The molecular formula is C14H18ClFN2O2. The molecule has 0 aliphatic rings. The molecule has 4 nitrogen and oxygen atoms in total. The van der Waals surface area contributed by atoms with Gasteiger partial charge in [-0.3, -0.25) is 0 Å². The summed E-state index contributed by atoms with van der Waals surface area (Å²) in [5.74, 6) is -0.522. The van der Waals surface area contributed by atoms with Gasteiger partial charge in [-0.15, -0.1) is 6.58 Å². The van der Waals surface area contributed by atoms with E-state index < -0.39 is 5.82 Å². The van der Waals surface area contributed by atoms with Gasteiger partial charge in [0.2, 0.25) is 0 Å². The van der Waals surface area contributed by atoms with Crippen LogP contribution in [0.2, 0.25) is 5.02 Å². The monoisotopic (exact) mass is 300 g/mol. The predicted molar refractivity (Wildman–Crippen MR) is 77.1 cm³/mol. The molecule has 1 aromatic rings. The second-order valence-corrected chi connectivity index (χ2v) is 4.72. The molecule has 0 radical (unpaired) electrons. The molecule has 0 heterocycles. The predicted octanol–water partition coefficient (Wildman–Crippen LogP) is 2.56.